The molecule has 0 spiro atoms. The molecule has 0 aliphatic rings. The minimum atomic E-state index is 0.699. The Bertz CT molecular complexity index is 76.0. The van der Waals surface area contributed by atoms with Gasteiger partial charge in [0.05, 0.1) is 0 Å². The zero-order valence-electron chi connectivity index (χ0n) is 7.97. The third-order valence-corrected chi connectivity index (χ3v) is 2.09. The Balaban J connectivity index is 0. The van der Waals surface area contributed by atoms with Crippen molar-refractivity contribution in [3.63, 3.8) is 0 Å². The van der Waals surface area contributed by atoms with Gasteiger partial charge in [-0.05, 0) is 18.4 Å². The Morgan fingerprint density at radius 3 is 2.00 bits per heavy atom. The summed E-state index contributed by atoms with van der Waals surface area (Å²) in [5, 5.41) is 0. The summed E-state index contributed by atoms with van der Waals surface area (Å²) in [6, 6.07) is 0. The van der Waals surface area contributed by atoms with Crippen LogP contribution in [0.3, 0.4) is 0 Å². The van der Waals surface area contributed by atoms with Crippen LogP contribution in [0.4, 0.5) is 0 Å². The van der Waals surface area contributed by atoms with Gasteiger partial charge >= 0.3 is 0 Å². The molecule has 0 amide bonds. The molecule has 2 nitrogen and oxygen atoms in total. The van der Waals surface area contributed by atoms with Gasteiger partial charge in [-0.1, -0.05) is 33.6 Å². The highest BCUT2D eigenvalue weighted by Gasteiger charge is 2.07. The standard InChI is InChI=1S/C8H19N.CH2O/c1-4-5-7(2)8(3)6-9;1-2/h7-8H,4-6,9H2,1-3H3;1H2. The molecule has 0 heterocycles. The highest BCUT2D eigenvalue weighted by molar-refractivity contribution is 5.10. The monoisotopic (exact) mass is 159 g/mol. The van der Waals surface area contributed by atoms with E-state index in [2.05, 4.69) is 20.8 Å². The van der Waals surface area contributed by atoms with E-state index < -0.39 is 0 Å². The van der Waals surface area contributed by atoms with Crippen molar-refractivity contribution in [2.75, 3.05) is 6.54 Å². The summed E-state index contributed by atoms with van der Waals surface area (Å²) in [7, 11) is 0. The van der Waals surface area contributed by atoms with Crippen molar-refractivity contribution in [2.24, 2.45) is 17.6 Å². The largest absolute Gasteiger partial charge is 0.330 e. The van der Waals surface area contributed by atoms with Crippen LogP contribution in [0.5, 0.6) is 0 Å². The van der Waals surface area contributed by atoms with Crippen molar-refractivity contribution in [1.29, 1.82) is 0 Å². The van der Waals surface area contributed by atoms with Crippen LogP contribution in [0.2, 0.25) is 0 Å². The first-order valence-corrected chi connectivity index (χ1v) is 4.21. The third-order valence-electron chi connectivity index (χ3n) is 2.09. The van der Waals surface area contributed by atoms with E-state index >= 15 is 0 Å². The molecular weight excluding hydrogens is 138 g/mol. The summed E-state index contributed by atoms with van der Waals surface area (Å²) in [5.41, 5.74) is 5.50. The first-order valence-electron chi connectivity index (χ1n) is 4.21. The SMILES string of the molecule is C=O.CCCC(C)C(C)CN. The van der Waals surface area contributed by atoms with E-state index in [1.54, 1.807) is 0 Å². The van der Waals surface area contributed by atoms with E-state index in [4.69, 9.17) is 10.5 Å². The van der Waals surface area contributed by atoms with E-state index in [0.717, 1.165) is 12.5 Å². The number of rotatable bonds is 4. The molecule has 2 atom stereocenters. The minimum absolute atomic E-state index is 0.699. The fourth-order valence-electron chi connectivity index (χ4n) is 0.972. The zero-order valence-corrected chi connectivity index (χ0v) is 7.97. The lowest BCUT2D eigenvalue weighted by Crippen LogP contribution is -2.18. The van der Waals surface area contributed by atoms with Crippen molar-refractivity contribution in [2.45, 2.75) is 33.6 Å². The van der Waals surface area contributed by atoms with Crippen LogP contribution < -0.4 is 5.73 Å². The van der Waals surface area contributed by atoms with E-state index in [-0.39, 0.29) is 0 Å². The number of carbonyl (C=O) groups excluding carboxylic acids is 1. The highest BCUT2D eigenvalue weighted by atomic mass is 16.1. The molecule has 0 aromatic rings. The Hall–Kier alpha value is -0.370. The lowest BCUT2D eigenvalue weighted by Gasteiger charge is -2.16. The maximum atomic E-state index is 8.00. The lowest BCUT2D eigenvalue weighted by atomic mass is 9.92. The molecule has 68 valence electrons. The molecule has 0 aromatic heterocycles. The smallest absolute Gasteiger partial charge is 0.106 e. The molecule has 0 fully saturated rings. The summed E-state index contributed by atoms with van der Waals surface area (Å²) in [6.07, 6.45) is 2.60. The molecule has 2 N–H and O–H groups in total. The maximum absolute atomic E-state index is 8.00. The first-order chi connectivity index (χ1) is 5.22. The van der Waals surface area contributed by atoms with E-state index in [0.29, 0.717) is 5.92 Å². The minimum Gasteiger partial charge on any atom is -0.330 e. The number of carbonyl (C=O) groups is 1. The van der Waals surface area contributed by atoms with Crippen molar-refractivity contribution < 1.29 is 4.79 Å². The molecular formula is C9H21NO. The molecule has 11 heavy (non-hydrogen) atoms. The quantitative estimate of drug-likeness (QED) is 0.680. The average Bonchev–Trinajstić information content (AvgIpc) is 2.07. The molecule has 0 aliphatic carbocycles. The molecule has 0 radical (unpaired) electrons. The predicted octanol–water partition coefficient (Wildman–Crippen LogP) is 1.83. The van der Waals surface area contributed by atoms with Crippen molar-refractivity contribution in [3.05, 3.63) is 0 Å². The van der Waals surface area contributed by atoms with Gasteiger partial charge in [0.15, 0.2) is 0 Å². The van der Waals surface area contributed by atoms with Gasteiger partial charge in [0.25, 0.3) is 0 Å². The molecule has 2 unspecified atom stereocenters. The normalized spacial score (nSPS) is 14.5. The predicted molar refractivity (Wildman–Crippen MR) is 49.4 cm³/mol. The van der Waals surface area contributed by atoms with Crippen LogP contribution in [0, 0.1) is 11.8 Å². The Morgan fingerprint density at radius 2 is 1.73 bits per heavy atom. The Morgan fingerprint density at radius 1 is 1.27 bits per heavy atom. The topological polar surface area (TPSA) is 43.1 Å². The van der Waals surface area contributed by atoms with Crippen LogP contribution in [-0.4, -0.2) is 13.3 Å². The van der Waals surface area contributed by atoms with Gasteiger partial charge in [-0.2, -0.15) is 0 Å². The van der Waals surface area contributed by atoms with E-state index in [9.17, 15) is 0 Å². The summed E-state index contributed by atoms with van der Waals surface area (Å²) in [6.45, 7) is 9.56. The van der Waals surface area contributed by atoms with Crippen LogP contribution in [-0.2, 0) is 4.79 Å². The van der Waals surface area contributed by atoms with Crippen molar-refractivity contribution >= 4 is 6.79 Å². The average molecular weight is 159 g/mol. The lowest BCUT2D eigenvalue weighted by molar-refractivity contribution is -0.0979. The van der Waals surface area contributed by atoms with Gasteiger partial charge in [0.1, 0.15) is 6.79 Å². The molecule has 0 aliphatic heterocycles. The Kier molecular flexibility index (Phi) is 11.6. The van der Waals surface area contributed by atoms with Crippen LogP contribution in [0.15, 0.2) is 0 Å². The van der Waals surface area contributed by atoms with Gasteiger partial charge in [0.2, 0.25) is 0 Å². The van der Waals surface area contributed by atoms with Crippen molar-refractivity contribution in [1.82, 2.24) is 0 Å². The highest BCUT2D eigenvalue weighted by Crippen LogP contribution is 2.14. The van der Waals surface area contributed by atoms with Gasteiger partial charge in [-0.25, -0.2) is 0 Å². The van der Waals surface area contributed by atoms with Crippen molar-refractivity contribution in [3.8, 4) is 0 Å². The molecule has 0 rings (SSSR count). The summed E-state index contributed by atoms with van der Waals surface area (Å²) in [4.78, 5) is 8.00. The second kappa shape index (κ2) is 9.63. The molecule has 2 heteroatoms. The zero-order chi connectivity index (χ0) is 9.28. The van der Waals surface area contributed by atoms with E-state index in [1.807, 2.05) is 6.79 Å². The molecule has 0 aromatic carbocycles. The summed E-state index contributed by atoms with van der Waals surface area (Å²) < 4.78 is 0. The van der Waals surface area contributed by atoms with Crippen LogP contribution in [0.1, 0.15) is 33.6 Å². The summed E-state index contributed by atoms with van der Waals surface area (Å²) in [5.74, 6) is 1.50. The van der Waals surface area contributed by atoms with Gasteiger partial charge < -0.3 is 10.5 Å². The molecule has 0 saturated heterocycles. The number of hydrogen-bond donors (Lipinski definition) is 1. The van der Waals surface area contributed by atoms with Crippen LogP contribution in [0.25, 0.3) is 0 Å². The second-order valence-corrected chi connectivity index (χ2v) is 2.98. The van der Waals surface area contributed by atoms with Gasteiger partial charge in [-0.3, -0.25) is 0 Å². The molecule has 0 saturated carbocycles. The first kappa shape index (κ1) is 13.2. The fourth-order valence-corrected chi connectivity index (χ4v) is 0.972. The Labute approximate surface area is 70.2 Å². The number of nitrogens with two attached hydrogens (primary N) is 1. The fraction of sp³-hybridized carbons (Fsp3) is 0.889. The van der Waals surface area contributed by atoms with Gasteiger partial charge in [0, 0.05) is 0 Å². The molecule has 0 bridgehead atoms. The van der Waals surface area contributed by atoms with Crippen LogP contribution >= 0.6 is 0 Å². The second-order valence-electron chi connectivity index (χ2n) is 2.98. The van der Waals surface area contributed by atoms with E-state index in [1.165, 1.54) is 12.8 Å². The summed E-state index contributed by atoms with van der Waals surface area (Å²) >= 11 is 0. The van der Waals surface area contributed by atoms with Gasteiger partial charge in [-0.15, -0.1) is 0 Å². The number of hydrogen-bond acceptors (Lipinski definition) is 2. The third kappa shape index (κ3) is 7.53. The maximum Gasteiger partial charge on any atom is 0.106 e.